The molecule has 6 nitrogen and oxygen atoms in total. The number of benzene rings is 2. The summed E-state index contributed by atoms with van der Waals surface area (Å²) in [5.41, 5.74) is 1.44. The van der Waals surface area contributed by atoms with Crippen molar-refractivity contribution in [3.8, 4) is 17.2 Å². The molecule has 3 rings (SSSR count). The van der Waals surface area contributed by atoms with Crippen molar-refractivity contribution in [3.63, 3.8) is 0 Å². The van der Waals surface area contributed by atoms with Gasteiger partial charge >= 0.3 is 0 Å². The number of carbonyl (C=O) groups excluding carboxylic acids is 1. The highest BCUT2D eigenvalue weighted by Crippen LogP contribution is 2.18. The number of carbonyl (C=O) groups is 1. The molecule has 0 radical (unpaired) electrons. The number of unbranched alkanes of at least 4 members (excludes halogenated alkanes) is 1. The van der Waals surface area contributed by atoms with Crippen LogP contribution < -0.4 is 4.74 Å². The summed E-state index contributed by atoms with van der Waals surface area (Å²) in [6.45, 7) is 3.05. The van der Waals surface area contributed by atoms with E-state index in [1.807, 2.05) is 42.5 Å². The Morgan fingerprint density at radius 1 is 1.07 bits per heavy atom. The molecule has 0 fully saturated rings. The minimum Gasteiger partial charge on any atom is -0.494 e. The fourth-order valence-electron chi connectivity index (χ4n) is 2.54. The minimum absolute atomic E-state index is 0.116. The van der Waals surface area contributed by atoms with Gasteiger partial charge in [0.15, 0.2) is 0 Å². The van der Waals surface area contributed by atoms with Gasteiger partial charge in [-0.25, -0.2) is 0 Å². The summed E-state index contributed by atoms with van der Waals surface area (Å²) in [6, 6.07) is 16.7. The molecule has 1 heterocycles. The van der Waals surface area contributed by atoms with Crippen LogP contribution in [-0.4, -0.2) is 34.7 Å². The van der Waals surface area contributed by atoms with E-state index in [0.717, 1.165) is 24.2 Å². The van der Waals surface area contributed by atoms with Crippen LogP contribution in [0.5, 0.6) is 5.75 Å². The van der Waals surface area contributed by atoms with Crippen molar-refractivity contribution < 1.29 is 13.9 Å². The molecule has 0 saturated heterocycles. The summed E-state index contributed by atoms with van der Waals surface area (Å²) >= 11 is 0. The maximum Gasteiger partial charge on any atom is 0.254 e. The zero-order valence-electron chi connectivity index (χ0n) is 15.6. The van der Waals surface area contributed by atoms with E-state index in [0.29, 0.717) is 24.0 Å². The summed E-state index contributed by atoms with van der Waals surface area (Å²) in [5, 5.41) is 8.08. The molecule has 3 aromatic rings. The highest BCUT2D eigenvalue weighted by molar-refractivity contribution is 5.94. The lowest BCUT2D eigenvalue weighted by molar-refractivity contribution is 0.0773. The van der Waals surface area contributed by atoms with E-state index < -0.39 is 0 Å². The van der Waals surface area contributed by atoms with Gasteiger partial charge in [0.2, 0.25) is 11.8 Å². The van der Waals surface area contributed by atoms with E-state index in [2.05, 4.69) is 17.1 Å². The van der Waals surface area contributed by atoms with Crippen molar-refractivity contribution >= 4 is 5.91 Å². The summed E-state index contributed by atoms with van der Waals surface area (Å²) in [6.07, 6.45) is 2.10. The Kier molecular flexibility index (Phi) is 6.20. The molecule has 0 spiro atoms. The first-order chi connectivity index (χ1) is 13.2. The van der Waals surface area contributed by atoms with E-state index in [1.54, 1.807) is 24.1 Å². The number of ether oxygens (including phenoxy) is 1. The zero-order valence-corrected chi connectivity index (χ0v) is 15.6. The number of nitrogens with zero attached hydrogens (tertiary/aromatic N) is 3. The van der Waals surface area contributed by atoms with Crippen LogP contribution in [0.2, 0.25) is 0 Å². The molecule has 1 amide bonds. The Hall–Kier alpha value is -3.15. The lowest BCUT2D eigenvalue weighted by Gasteiger charge is -2.15. The third-order valence-electron chi connectivity index (χ3n) is 4.07. The van der Waals surface area contributed by atoms with Crippen LogP contribution in [0.4, 0.5) is 0 Å². The quantitative estimate of drug-likeness (QED) is 0.560. The second kappa shape index (κ2) is 8.98. The molecular formula is C21H23N3O3. The van der Waals surface area contributed by atoms with E-state index in [-0.39, 0.29) is 12.5 Å². The van der Waals surface area contributed by atoms with Gasteiger partial charge in [-0.05, 0) is 42.8 Å². The molecule has 0 atom stereocenters. The molecule has 0 unspecified atom stereocenters. The number of amides is 1. The first-order valence-corrected chi connectivity index (χ1v) is 9.03. The Balaban J connectivity index is 1.60. The van der Waals surface area contributed by atoms with Gasteiger partial charge in [0, 0.05) is 18.2 Å². The molecule has 1 aromatic heterocycles. The average Bonchev–Trinajstić information content (AvgIpc) is 3.17. The zero-order chi connectivity index (χ0) is 19.1. The Morgan fingerprint density at radius 3 is 2.52 bits per heavy atom. The van der Waals surface area contributed by atoms with Gasteiger partial charge in [-0.3, -0.25) is 4.79 Å². The first kappa shape index (κ1) is 18.6. The third-order valence-corrected chi connectivity index (χ3v) is 4.07. The standard InChI is InChI=1S/C21H23N3O3/c1-3-4-14-26-18-12-10-17(11-13-18)21(25)24(2)15-19-22-23-20(27-19)16-8-6-5-7-9-16/h5-13H,3-4,14-15H2,1-2H3. The van der Waals surface area contributed by atoms with E-state index in [4.69, 9.17) is 9.15 Å². The van der Waals surface area contributed by atoms with Crippen LogP contribution >= 0.6 is 0 Å². The largest absolute Gasteiger partial charge is 0.494 e. The Morgan fingerprint density at radius 2 is 1.81 bits per heavy atom. The number of aromatic nitrogens is 2. The van der Waals surface area contributed by atoms with Crippen LogP contribution in [0.3, 0.4) is 0 Å². The molecule has 0 aliphatic carbocycles. The smallest absolute Gasteiger partial charge is 0.254 e. The van der Waals surface area contributed by atoms with Crippen molar-refractivity contribution in [1.82, 2.24) is 15.1 Å². The predicted octanol–water partition coefficient (Wildman–Crippen LogP) is 4.19. The van der Waals surface area contributed by atoms with Crippen molar-refractivity contribution in [2.45, 2.75) is 26.3 Å². The highest BCUT2D eigenvalue weighted by Gasteiger charge is 2.16. The van der Waals surface area contributed by atoms with Gasteiger partial charge in [-0.15, -0.1) is 10.2 Å². The van der Waals surface area contributed by atoms with Gasteiger partial charge in [0.05, 0.1) is 13.2 Å². The molecular weight excluding hydrogens is 342 g/mol. The van der Waals surface area contributed by atoms with Crippen LogP contribution in [-0.2, 0) is 6.54 Å². The molecule has 0 N–H and O–H groups in total. The first-order valence-electron chi connectivity index (χ1n) is 9.03. The SMILES string of the molecule is CCCCOc1ccc(C(=O)N(C)Cc2nnc(-c3ccccc3)o2)cc1. The Labute approximate surface area is 158 Å². The average molecular weight is 365 g/mol. The maximum absolute atomic E-state index is 12.6. The monoisotopic (exact) mass is 365 g/mol. The van der Waals surface area contributed by atoms with Crippen LogP contribution in [0.15, 0.2) is 59.0 Å². The van der Waals surface area contributed by atoms with E-state index in [9.17, 15) is 4.79 Å². The molecule has 0 bridgehead atoms. The molecule has 0 aliphatic heterocycles. The van der Waals surface area contributed by atoms with Crippen molar-refractivity contribution in [3.05, 3.63) is 66.1 Å². The summed E-state index contributed by atoms with van der Waals surface area (Å²) in [7, 11) is 1.71. The molecule has 6 heteroatoms. The van der Waals surface area contributed by atoms with Crippen molar-refractivity contribution in [2.24, 2.45) is 0 Å². The topological polar surface area (TPSA) is 68.5 Å². The molecule has 0 saturated carbocycles. The molecule has 140 valence electrons. The van der Waals surface area contributed by atoms with Gasteiger partial charge < -0.3 is 14.1 Å². The number of hydrogen-bond donors (Lipinski definition) is 0. The van der Waals surface area contributed by atoms with Gasteiger partial charge in [0.25, 0.3) is 5.91 Å². The number of rotatable bonds is 8. The molecule has 2 aromatic carbocycles. The third kappa shape index (κ3) is 4.94. The normalized spacial score (nSPS) is 10.6. The van der Waals surface area contributed by atoms with E-state index >= 15 is 0 Å². The van der Waals surface area contributed by atoms with Crippen molar-refractivity contribution in [2.75, 3.05) is 13.7 Å². The van der Waals surface area contributed by atoms with Crippen LogP contribution in [0.1, 0.15) is 36.0 Å². The fourth-order valence-corrected chi connectivity index (χ4v) is 2.54. The van der Waals surface area contributed by atoms with Gasteiger partial charge in [-0.1, -0.05) is 31.5 Å². The highest BCUT2D eigenvalue weighted by atomic mass is 16.5. The second-order valence-corrected chi connectivity index (χ2v) is 6.25. The predicted molar refractivity (Wildman–Crippen MR) is 102 cm³/mol. The van der Waals surface area contributed by atoms with Crippen molar-refractivity contribution in [1.29, 1.82) is 0 Å². The minimum atomic E-state index is -0.116. The lowest BCUT2D eigenvalue weighted by atomic mass is 10.2. The number of hydrogen-bond acceptors (Lipinski definition) is 5. The molecule has 27 heavy (non-hydrogen) atoms. The van der Waals surface area contributed by atoms with Gasteiger partial charge in [-0.2, -0.15) is 0 Å². The fraction of sp³-hybridized carbons (Fsp3) is 0.286. The molecule has 0 aliphatic rings. The summed E-state index contributed by atoms with van der Waals surface area (Å²) in [5.74, 6) is 1.49. The van der Waals surface area contributed by atoms with E-state index in [1.165, 1.54) is 0 Å². The van der Waals surface area contributed by atoms with Crippen LogP contribution in [0.25, 0.3) is 11.5 Å². The second-order valence-electron chi connectivity index (χ2n) is 6.25. The maximum atomic E-state index is 12.6. The lowest BCUT2D eigenvalue weighted by Crippen LogP contribution is -2.26. The summed E-state index contributed by atoms with van der Waals surface area (Å²) < 4.78 is 11.3. The van der Waals surface area contributed by atoms with Gasteiger partial charge in [0.1, 0.15) is 5.75 Å². The Bertz CT molecular complexity index is 860. The summed E-state index contributed by atoms with van der Waals surface area (Å²) in [4.78, 5) is 14.1. The van der Waals surface area contributed by atoms with Crippen LogP contribution in [0, 0.1) is 0 Å².